The Morgan fingerprint density at radius 2 is 1.88 bits per heavy atom. The molecule has 1 unspecified atom stereocenters. The molecule has 0 radical (unpaired) electrons. The molecule has 0 spiro atoms. The van der Waals surface area contributed by atoms with E-state index in [0.29, 0.717) is 6.54 Å². The molecule has 142 valence electrons. The molecule has 25 heavy (non-hydrogen) atoms. The molecule has 0 saturated heterocycles. The van der Waals surface area contributed by atoms with Gasteiger partial charge in [0.1, 0.15) is 5.60 Å². The van der Waals surface area contributed by atoms with Crippen LogP contribution in [0.15, 0.2) is 28.7 Å². The number of benzene rings is 1. The van der Waals surface area contributed by atoms with Crippen molar-refractivity contribution in [1.29, 1.82) is 0 Å². The first-order valence-electron chi connectivity index (χ1n) is 8.58. The zero-order valence-electron chi connectivity index (χ0n) is 16.2. The Balaban J connectivity index is 2.69. The van der Waals surface area contributed by atoms with Crippen LogP contribution in [-0.4, -0.2) is 41.8 Å². The third-order valence-corrected chi connectivity index (χ3v) is 4.63. The Bertz CT molecular complexity index is 570. The maximum atomic E-state index is 12.1. The molecule has 1 aromatic carbocycles. The average molecular weight is 414 g/mol. The summed E-state index contributed by atoms with van der Waals surface area (Å²) in [7, 11) is 2.06. The lowest BCUT2D eigenvalue weighted by atomic mass is 9.94. The van der Waals surface area contributed by atoms with Crippen molar-refractivity contribution in [2.75, 3.05) is 13.6 Å². The van der Waals surface area contributed by atoms with Gasteiger partial charge < -0.3 is 15.8 Å². The van der Waals surface area contributed by atoms with Gasteiger partial charge in [-0.1, -0.05) is 34.1 Å². The summed E-state index contributed by atoms with van der Waals surface area (Å²) in [6, 6.07) is 8.30. The van der Waals surface area contributed by atoms with Gasteiger partial charge in [0.15, 0.2) is 0 Å². The smallest absolute Gasteiger partial charge is 0.408 e. The topological polar surface area (TPSA) is 67.6 Å². The monoisotopic (exact) mass is 413 g/mol. The third-order valence-electron chi connectivity index (χ3n) is 3.86. The van der Waals surface area contributed by atoms with E-state index in [9.17, 15) is 4.79 Å². The quantitative estimate of drug-likeness (QED) is 0.710. The molecule has 1 rings (SSSR count). The first-order chi connectivity index (χ1) is 11.4. The van der Waals surface area contributed by atoms with Crippen molar-refractivity contribution in [2.24, 2.45) is 5.73 Å². The largest absolute Gasteiger partial charge is 0.444 e. The number of likely N-dealkylation sites (N-methyl/N-ethyl adjacent to an activating group) is 1. The molecule has 0 bridgehead atoms. The van der Waals surface area contributed by atoms with Gasteiger partial charge in [0.05, 0.1) is 0 Å². The predicted molar refractivity (Wildman–Crippen MR) is 107 cm³/mol. The minimum atomic E-state index is -0.510. The summed E-state index contributed by atoms with van der Waals surface area (Å²) in [6.45, 7) is 10.8. The van der Waals surface area contributed by atoms with Crippen LogP contribution in [0.25, 0.3) is 0 Å². The van der Waals surface area contributed by atoms with Gasteiger partial charge in [-0.2, -0.15) is 0 Å². The summed E-state index contributed by atoms with van der Waals surface area (Å²) >= 11 is 3.59. The maximum absolute atomic E-state index is 12.1. The molecule has 1 atom stereocenters. The van der Waals surface area contributed by atoms with Crippen LogP contribution in [0.2, 0.25) is 0 Å². The predicted octanol–water partition coefficient (Wildman–Crippen LogP) is 3.90. The van der Waals surface area contributed by atoms with E-state index < -0.39 is 17.2 Å². The molecule has 6 heteroatoms. The summed E-state index contributed by atoms with van der Waals surface area (Å²) in [6.07, 6.45) is 0.325. The van der Waals surface area contributed by atoms with Gasteiger partial charge >= 0.3 is 6.09 Å². The number of nitrogens with two attached hydrogens (primary N) is 1. The second-order valence-electron chi connectivity index (χ2n) is 8.11. The summed E-state index contributed by atoms with van der Waals surface area (Å²) in [5.74, 6) is 0. The number of halogens is 1. The molecule has 0 heterocycles. The molecule has 0 aromatic heterocycles. The number of nitrogens with zero attached hydrogens (tertiary/aromatic N) is 1. The van der Waals surface area contributed by atoms with Crippen molar-refractivity contribution in [1.82, 2.24) is 10.2 Å². The molecule has 5 nitrogen and oxygen atoms in total. The second kappa shape index (κ2) is 9.01. The second-order valence-corrected chi connectivity index (χ2v) is 8.97. The Kier molecular flexibility index (Phi) is 7.90. The fourth-order valence-electron chi connectivity index (χ4n) is 2.66. The number of rotatable bonds is 7. The maximum Gasteiger partial charge on any atom is 0.408 e. The zero-order chi connectivity index (χ0) is 19.3. The number of carbonyl (C=O) groups is 1. The highest BCUT2D eigenvalue weighted by atomic mass is 79.9. The van der Waals surface area contributed by atoms with Crippen molar-refractivity contribution < 1.29 is 9.53 Å². The van der Waals surface area contributed by atoms with E-state index in [1.54, 1.807) is 0 Å². The van der Waals surface area contributed by atoms with Gasteiger partial charge in [0, 0.05) is 29.1 Å². The minimum absolute atomic E-state index is 0.136. The molecule has 0 fully saturated rings. The lowest BCUT2D eigenvalue weighted by Gasteiger charge is -2.35. The Hall–Kier alpha value is -1.11. The van der Waals surface area contributed by atoms with Crippen LogP contribution in [0.1, 0.15) is 46.6 Å². The Morgan fingerprint density at radius 3 is 2.40 bits per heavy atom. The average Bonchev–Trinajstić information content (AvgIpc) is 2.44. The SMILES string of the molecule is CN(Cc1ccccc1Br)C(CN)CC(C)(C)NC(=O)OC(C)(C)C. The molecule has 0 aliphatic carbocycles. The van der Waals surface area contributed by atoms with Gasteiger partial charge in [-0.3, -0.25) is 4.90 Å². The summed E-state index contributed by atoms with van der Waals surface area (Å²) in [5, 5.41) is 2.96. The highest BCUT2D eigenvalue weighted by Crippen LogP contribution is 2.21. The highest BCUT2D eigenvalue weighted by molar-refractivity contribution is 9.10. The molecule has 1 amide bonds. The van der Waals surface area contributed by atoms with Crippen molar-refractivity contribution in [2.45, 2.75) is 64.8 Å². The Morgan fingerprint density at radius 1 is 1.28 bits per heavy atom. The lowest BCUT2D eigenvalue weighted by molar-refractivity contribution is 0.0450. The van der Waals surface area contributed by atoms with Crippen molar-refractivity contribution in [3.05, 3.63) is 34.3 Å². The third kappa shape index (κ3) is 8.21. The molecule has 0 aliphatic rings. The van der Waals surface area contributed by atoms with Gasteiger partial charge in [-0.15, -0.1) is 0 Å². The van der Waals surface area contributed by atoms with E-state index in [1.807, 2.05) is 52.8 Å². The minimum Gasteiger partial charge on any atom is -0.444 e. The fourth-order valence-corrected chi connectivity index (χ4v) is 3.07. The number of hydrogen-bond acceptors (Lipinski definition) is 4. The highest BCUT2D eigenvalue weighted by Gasteiger charge is 2.29. The lowest BCUT2D eigenvalue weighted by Crippen LogP contribution is -2.51. The molecule has 0 saturated carbocycles. The van der Waals surface area contributed by atoms with E-state index in [0.717, 1.165) is 17.4 Å². The van der Waals surface area contributed by atoms with Gasteiger partial charge in [-0.25, -0.2) is 4.79 Å². The van der Waals surface area contributed by atoms with Crippen LogP contribution < -0.4 is 11.1 Å². The molecular formula is C19H32BrN3O2. The first-order valence-corrected chi connectivity index (χ1v) is 9.38. The number of ether oxygens (including phenoxy) is 1. The number of carbonyl (C=O) groups excluding carboxylic acids is 1. The number of amides is 1. The number of nitrogens with one attached hydrogen (secondary N) is 1. The number of hydrogen-bond donors (Lipinski definition) is 2. The van der Waals surface area contributed by atoms with Crippen LogP contribution in [0.4, 0.5) is 4.79 Å². The van der Waals surface area contributed by atoms with E-state index in [1.165, 1.54) is 5.56 Å². The zero-order valence-corrected chi connectivity index (χ0v) is 17.8. The van der Waals surface area contributed by atoms with Crippen LogP contribution in [0.5, 0.6) is 0 Å². The standard InChI is InChI=1S/C19H32BrN3O2/c1-18(2,3)25-17(24)22-19(4,5)11-15(12-21)23(6)13-14-9-7-8-10-16(14)20/h7-10,15H,11-13,21H2,1-6H3,(H,22,24). The normalized spacial score (nSPS) is 13.6. The Labute approximate surface area is 160 Å². The van der Waals surface area contributed by atoms with Crippen molar-refractivity contribution >= 4 is 22.0 Å². The van der Waals surface area contributed by atoms with Crippen LogP contribution in [0, 0.1) is 0 Å². The first kappa shape index (κ1) is 21.9. The van der Waals surface area contributed by atoms with E-state index in [-0.39, 0.29) is 6.04 Å². The van der Waals surface area contributed by atoms with Crippen molar-refractivity contribution in [3.63, 3.8) is 0 Å². The van der Waals surface area contributed by atoms with Gasteiger partial charge in [0.25, 0.3) is 0 Å². The van der Waals surface area contributed by atoms with E-state index in [4.69, 9.17) is 10.5 Å². The number of alkyl carbamates (subject to hydrolysis) is 1. The van der Waals surface area contributed by atoms with Crippen LogP contribution in [0.3, 0.4) is 0 Å². The summed E-state index contributed by atoms with van der Waals surface area (Å²) in [4.78, 5) is 14.3. The van der Waals surface area contributed by atoms with Gasteiger partial charge in [0.2, 0.25) is 0 Å². The van der Waals surface area contributed by atoms with E-state index in [2.05, 4.69) is 39.3 Å². The molecule has 1 aromatic rings. The molecule has 0 aliphatic heterocycles. The van der Waals surface area contributed by atoms with Gasteiger partial charge in [-0.05, 0) is 59.7 Å². The van der Waals surface area contributed by atoms with Crippen LogP contribution in [-0.2, 0) is 11.3 Å². The van der Waals surface area contributed by atoms with Crippen molar-refractivity contribution in [3.8, 4) is 0 Å². The van der Waals surface area contributed by atoms with E-state index >= 15 is 0 Å². The van der Waals surface area contributed by atoms with Crippen LogP contribution >= 0.6 is 15.9 Å². The summed E-state index contributed by atoms with van der Waals surface area (Å²) < 4.78 is 6.45. The molecular weight excluding hydrogens is 382 g/mol. The fraction of sp³-hybridized carbons (Fsp3) is 0.632. The molecule has 3 N–H and O–H groups in total. The summed E-state index contributed by atoms with van der Waals surface area (Å²) in [5.41, 5.74) is 6.29.